The molecular weight excluding hydrogens is 374 g/mol. The predicted octanol–water partition coefficient (Wildman–Crippen LogP) is -0.373. The normalized spacial score (nSPS) is 26.4. The number of aliphatic carboxylic acids is 1. The number of nitrogens with one attached hydrogen (secondary N) is 1. The van der Waals surface area contributed by atoms with Crippen LogP contribution in [0.15, 0.2) is 18.6 Å². The third-order valence-corrected chi connectivity index (χ3v) is 5.60. The van der Waals surface area contributed by atoms with Gasteiger partial charge in [0, 0.05) is 19.0 Å². The zero-order valence-electron chi connectivity index (χ0n) is 14.7. The number of carboxylic acids is 1. The van der Waals surface area contributed by atoms with Gasteiger partial charge in [-0.15, -0.1) is 0 Å². The highest BCUT2D eigenvalue weighted by atomic mass is 32.2. The van der Waals surface area contributed by atoms with Crippen molar-refractivity contribution in [3.8, 4) is 0 Å². The second-order valence-electron chi connectivity index (χ2n) is 6.28. The molecule has 0 saturated carbocycles. The van der Waals surface area contributed by atoms with E-state index >= 15 is 0 Å². The number of fused-ring (bicyclic) bond motifs is 1. The van der Waals surface area contributed by atoms with Crippen LogP contribution in [0.3, 0.4) is 0 Å². The smallest absolute Gasteiger partial charge is 0.320 e. The van der Waals surface area contributed by atoms with Crippen LogP contribution in [-0.4, -0.2) is 78.7 Å². The second-order valence-corrected chi connectivity index (χ2v) is 7.43. The van der Waals surface area contributed by atoms with Crippen LogP contribution in [0, 0.1) is 0 Å². The fraction of sp³-hybridized carbons (Fsp3) is 0.562. The van der Waals surface area contributed by atoms with Gasteiger partial charge in [0.15, 0.2) is 12.0 Å². The summed E-state index contributed by atoms with van der Waals surface area (Å²) in [6, 6.07) is 0.860. The number of ether oxygens (including phenoxy) is 1. The first-order valence-electron chi connectivity index (χ1n) is 8.51. The molecule has 11 heteroatoms. The Labute approximate surface area is 159 Å². The lowest BCUT2D eigenvalue weighted by molar-refractivity contribution is -0.138. The maximum Gasteiger partial charge on any atom is 0.320 e. The first kappa shape index (κ1) is 19.8. The average Bonchev–Trinajstić information content (AvgIpc) is 3.20. The van der Waals surface area contributed by atoms with E-state index in [1.165, 1.54) is 11.8 Å². The van der Waals surface area contributed by atoms with Crippen LogP contribution in [0.1, 0.15) is 12.6 Å². The summed E-state index contributed by atoms with van der Waals surface area (Å²) in [6.45, 7) is 0. The fourth-order valence-corrected chi connectivity index (χ4v) is 4.07. The molecule has 27 heavy (non-hydrogen) atoms. The first-order chi connectivity index (χ1) is 12.9. The van der Waals surface area contributed by atoms with Gasteiger partial charge >= 0.3 is 5.97 Å². The van der Waals surface area contributed by atoms with Gasteiger partial charge < -0.3 is 35.7 Å². The molecule has 0 spiro atoms. The molecule has 5 atom stereocenters. The number of carboxylic acid groups (broad SMARTS) is 1. The van der Waals surface area contributed by atoms with Gasteiger partial charge in [-0.05, 0) is 18.2 Å². The van der Waals surface area contributed by atoms with Crippen LogP contribution < -0.4 is 11.1 Å². The number of anilines is 1. The highest BCUT2D eigenvalue weighted by molar-refractivity contribution is 7.99. The summed E-state index contributed by atoms with van der Waals surface area (Å²) in [4.78, 5) is 19.2. The number of pyridine rings is 1. The van der Waals surface area contributed by atoms with Gasteiger partial charge in [-0.2, -0.15) is 11.8 Å². The van der Waals surface area contributed by atoms with Crippen LogP contribution >= 0.6 is 11.8 Å². The van der Waals surface area contributed by atoms with E-state index < -0.39 is 36.6 Å². The maximum atomic E-state index is 10.7. The van der Waals surface area contributed by atoms with E-state index in [2.05, 4.69) is 15.3 Å². The monoisotopic (exact) mass is 397 g/mol. The molecule has 1 fully saturated rings. The highest BCUT2D eigenvalue weighted by Crippen LogP contribution is 2.34. The quantitative estimate of drug-likeness (QED) is 0.372. The Morgan fingerprint density at radius 3 is 2.93 bits per heavy atom. The van der Waals surface area contributed by atoms with Crippen molar-refractivity contribution in [3.63, 3.8) is 0 Å². The molecule has 0 aliphatic carbocycles. The summed E-state index contributed by atoms with van der Waals surface area (Å²) in [5, 5.41) is 32.5. The summed E-state index contributed by atoms with van der Waals surface area (Å²) in [6.07, 6.45) is -0.0266. The number of hydrogen-bond acceptors (Lipinski definition) is 9. The van der Waals surface area contributed by atoms with Crippen LogP contribution in [0.25, 0.3) is 11.0 Å². The van der Waals surface area contributed by atoms with Gasteiger partial charge in [0.1, 0.15) is 23.8 Å². The Kier molecular flexibility index (Phi) is 6.17. The number of aliphatic hydroxyl groups is 2. The van der Waals surface area contributed by atoms with Crippen LogP contribution in [0.2, 0.25) is 0 Å². The van der Waals surface area contributed by atoms with Crippen LogP contribution in [-0.2, 0) is 9.53 Å². The number of aliphatic hydroxyl groups excluding tert-OH is 2. The highest BCUT2D eigenvalue weighted by Gasteiger charge is 2.43. The van der Waals surface area contributed by atoms with E-state index in [1.807, 2.05) is 0 Å². The standard InChI is InChI=1S/C16H23N5O5S/c1-18-14-11-9(2-4-19-14)21(7-20-11)15-13(23)12(22)10(26-15)6-27-5-3-8(17)16(24)25/h2,4,7-8,10,12-13,15,22-23H,3,5-6,17H2,1H3,(H,18,19)(H,24,25). The largest absolute Gasteiger partial charge is 0.480 e. The zero-order chi connectivity index (χ0) is 19.6. The van der Waals surface area contributed by atoms with Crippen molar-refractivity contribution < 1.29 is 24.9 Å². The summed E-state index contributed by atoms with van der Waals surface area (Å²) in [7, 11) is 1.75. The third kappa shape index (κ3) is 4.01. The van der Waals surface area contributed by atoms with E-state index in [1.54, 1.807) is 30.2 Å². The Balaban J connectivity index is 1.66. The molecule has 2 aromatic rings. The third-order valence-electron chi connectivity index (χ3n) is 4.51. The van der Waals surface area contributed by atoms with Crippen molar-refractivity contribution in [3.05, 3.63) is 18.6 Å². The van der Waals surface area contributed by atoms with E-state index in [-0.39, 0.29) is 0 Å². The summed E-state index contributed by atoms with van der Waals surface area (Å²) in [5.41, 5.74) is 6.84. The van der Waals surface area contributed by atoms with Gasteiger partial charge in [0.25, 0.3) is 0 Å². The second kappa shape index (κ2) is 8.40. The molecule has 5 unspecified atom stereocenters. The Morgan fingerprint density at radius 1 is 1.44 bits per heavy atom. The number of nitrogens with zero attached hydrogens (tertiary/aromatic N) is 3. The molecule has 0 aromatic carbocycles. The number of aromatic nitrogens is 3. The summed E-state index contributed by atoms with van der Waals surface area (Å²) < 4.78 is 7.56. The van der Waals surface area contributed by atoms with Crippen molar-refractivity contribution in [1.82, 2.24) is 14.5 Å². The van der Waals surface area contributed by atoms with Gasteiger partial charge in [0.2, 0.25) is 0 Å². The predicted molar refractivity (Wildman–Crippen MR) is 101 cm³/mol. The van der Waals surface area contributed by atoms with Crippen molar-refractivity contribution in [2.24, 2.45) is 5.73 Å². The molecular formula is C16H23N5O5S. The maximum absolute atomic E-state index is 10.7. The molecule has 0 bridgehead atoms. The minimum atomic E-state index is -1.11. The van der Waals surface area contributed by atoms with Crippen molar-refractivity contribution >= 4 is 34.6 Å². The van der Waals surface area contributed by atoms with E-state index in [0.717, 1.165) is 5.52 Å². The van der Waals surface area contributed by atoms with Crippen LogP contribution in [0.4, 0.5) is 5.82 Å². The summed E-state index contributed by atoms with van der Waals surface area (Å²) >= 11 is 1.43. The van der Waals surface area contributed by atoms with Crippen LogP contribution in [0.5, 0.6) is 0 Å². The molecule has 10 nitrogen and oxygen atoms in total. The Bertz CT molecular complexity index is 803. The number of thioether (sulfide) groups is 1. The van der Waals surface area contributed by atoms with Crippen molar-refractivity contribution in [1.29, 1.82) is 0 Å². The lowest BCUT2D eigenvalue weighted by atomic mass is 10.1. The molecule has 1 aliphatic rings. The fourth-order valence-electron chi connectivity index (χ4n) is 2.98. The first-order valence-corrected chi connectivity index (χ1v) is 9.66. The number of hydrogen-bond donors (Lipinski definition) is 5. The SMILES string of the molecule is CNc1nccc2c1ncn2C1OC(CSCCC(N)C(=O)O)C(O)C1O. The molecule has 1 aliphatic heterocycles. The summed E-state index contributed by atoms with van der Waals surface area (Å²) in [5.74, 6) is 0.509. The van der Waals surface area contributed by atoms with E-state index in [0.29, 0.717) is 29.3 Å². The molecule has 1 saturated heterocycles. The molecule has 6 N–H and O–H groups in total. The van der Waals surface area contributed by atoms with E-state index in [9.17, 15) is 15.0 Å². The molecule has 3 rings (SSSR count). The minimum absolute atomic E-state index is 0.320. The van der Waals surface area contributed by atoms with Crippen molar-refractivity contribution in [2.75, 3.05) is 23.9 Å². The number of rotatable bonds is 8. The topological polar surface area (TPSA) is 156 Å². The molecule has 0 radical (unpaired) electrons. The molecule has 2 aromatic heterocycles. The average molecular weight is 397 g/mol. The number of imidazole rings is 1. The lowest BCUT2D eigenvalue weighted by Crippen LogP contribution is -2.33. The van der Waals surface area contributed by atoms with Gasteiger partial charge in [0.05, 0.1) is 17.9 Å². The molecule has 148 valence electrons. The molecule has 3 heterocycles. The Morgan fingerprint density at radius 2 is 2.22 bits per heavy atom. The van der Waals surface area contributed by atoms with Crippen molar-refractivity contribution in [2.45, 2.75) is 37.0 Å². The van der Waals surface area contributed by atoms with Gasteiger partial charge in [-0.3, -0.25) is 4.79 Å². The number of carbonyl (C=O) groups is 1. The minimum Gasteiger partial charge on any atom is -0.480 e. The van der Waals surface area contributed by atoms with Gasteiger partial charge in [-0.1, -0.05) is 0 Å². The molecule has 0 amide bonds. The Hall–Kier alpha value is -1.92. The lowest BCUT2D eigenvalue weighted by Gasteiger charge is -2.17. The number of nitrogens with two attached hydrogens (primary N) is 1. The van der Waals surface area contributed by atoms with Gasteiger partial charge in [-0.25, -0.2) is 9.97 Å². The van der Waals surface area contributed by atoms with E-state index in [4.69, 9.17) is 15.6 Å². The zero-order valence-corrected chi connectivity index (χ0v) is 15.5.